The highest BCUT2D eigenvalue weighted by Gasteiger charge is 2.18. The van der Waals surface area contributed by atoms with Crippen molar-refractivity contribution in [3.05, 3.63) is 35.3 Å². The summed E-state index contributed by atoms with van der Waals surface area (Å²) in [6, 6.07) is 3.93. The maximum atomic E-state index is 11.2. The van der Waals surface area contributed by atoms with Crippen LogP contribution in [-0.4, -0.2) is 65.9 Å². The lowest BCUT2D eigenvalue weighted by molar-refractivity contribution is -0.136. The van der Waals surface area contributed by atoms with Crippen molar-refractivity contribution in [3.8, 4) is 0 Å². The Bertz CT molecular complexity index is 676. The Morgan fingerprint density at radius 3 is 2.54 bits per heavy atom. The van der Waals surface area contributed by atoms with Gasteiger partial charge in [-0.15, -0.1) is 0 Å². The van der Waals surface area contributed by atoms with E-state index in [2.05, 4.69) is 9.88 Å². The highest BCUT2D eigenvalue weighted by atomic mass is 16.5. The van der Waals surface area contributed by atoms with Gasteiger partial charge in [0.25, 0.3) is 0 Å². The zero-order valence-electron chi connectivity index (χ0n) is 14.5. The van der Waals surface area contributed by atoms with Gasteiger partial charge in [0.1, 0.15) is 5.65 Å². The van der Waals surface area contributed by atoms with Gasteiger partial charge in [0, 0.05) is 40.1 Å². The monoisotopic (exact) mass is 335 g/mol. The number of rotatable bonds is 10. The van der Waals surface area contributed by atoms with E-state index in [0.29, 0.717) is 25.5 Å². The van der Waals surface area contributed by atoms with Crippen LogP contribution in [0.4, 0.5) is 0 Å². The number of carboxylic acids is 1. The molecular weight excluding hydrogens is 310 g/mol. The predicted molar refractivity (Wildman–Crippen MR) is 90.3 cm³/mol. The molecule has 0 aromatic carbocycles. The molecule has 0 fully saturated rings. The number of carbonyl (C=O) groups is 1. The molecule has 2 rings (SSSR count). The SMILES string of the molecule is COCCN(CCOC)Cc1c(CC(=O)O)nc2c(C)cccn12. The minimum atomic E-state index is -0.877. The zero-order valence-corrected chi connectivity index (χ0v) is 14.5. The number of fused-ring (bicyclic) bond motifs is 1. The summed E-state index contributed by atoms with van der Waals surface area (Å²) in [6.45, 7) is 5.27. The standard InChI is InChI=1S/C17H25N3O4/c1-13-5-4-6-20-15(14(11-16(21)22)18-17(13)20)12-19(7-9-23-2)8-10-24-3/h4-6H,7-12H2,1-3H3,(H,21,22). The molecular formula is C17H25N3O4. The van der Waals surface area contributed by atoms with Crippen LogP contribution in [-0.2, 0) is 27.2 Å². The second-order valence-corrected chi connectivity index (χ2v) is 5.72. The molecule has 0 saturated heterocycles. The topological polar surface area (TPSA) is 76.3 Å². The predicted octanol–water partition coefficient (Wildman–Crippen LogP) is 1.36. The van der Waals surface area contributed by atoms with E-state index < -0.39 is 5.97 Å². The van der Waals surface area contributed by atoms with Crippen LogP contribution in [0, 0.1) is 6.92 Å². The molecule has 0 aliphatic heterocycles. The number of methoxy groups -OCH3 is 2. The maximum Gasteiger partial charge on any atom is 0.309 e. The molecule has 0 unspecified atom stereocenters. The normalized spacial score (nSPS) is 11.5. The minimum absolute atomic E-state index is 0.0845. The fourth-order valence-electron chi connectivity index (χ4n) is 2.67. The number of imidazole rings is 1. The molecule has 2 heterocycles. The molecule has 0 aliphatic carbocycles. The second kappa shape index (κ2) is 8.77. The number of pyridine rings is 1. The second-order valence-electron chi connectivity index (χ2n) is 5.72. The number of aliphatic carboxylic acids is 1. The Balaban J connectivity index is 2.35. The van der Waals surface area contributed by atoms with Crippen LogP contribution in [0.2, 0.25) is 0 Å². The summed E-state index contributed by atoms with van der Waals surface area (Å²) in [4.78, 5) is 18.0. The molecule has 0 amide bonds. The summed E-state index contributed by atoms with van der Waals surface area (Å²) in [5, 5.41) is 9.20. The fraction of sp³-hybridized carbons (Fsp3) is 0.529. The molecule has 0 aliphatic rings. The molecule has 2 aromatic rings. The van der Waals surface area contributed by atoms with Gasteiger partial charge in [0.15, 0.2) is 0 Å². The number of carboxylic acid groups (broad SMARTS) is 1. The average molecular weight is 335 g/mol. The highest BCUT2D eigenvalue weighted by molar-refractivity contribution is 5.70. The first-order valence-corrected chi connectivity index (χ1v) is 7.94. The van der Waals surface area contributed by atoms with Crippen molar-refractivity contribution in [1.29, 1.82) is 0 Å². The van der Waals surface area contributed by atoms with Gasteiger partial charge in [-0.3, -0.25) is 9.69 Å². The first-order valence-electron chi connectivity index (χ1n) is 7.94. The lowest BCUT2D eigenvalue weighted by Crippen LogP contribution is -2.31. The van der Waals surface area contributed by atoms with E-state index in [9.17, 15) is 9.90 Å². The van der Waals surface area contributed by atoms with Crippen molar-refractivity contribution in [2.24, 2.45) is 0 Å². The lowest BCUT2D eigenvalue weighted by Gasteiger charge is -2.22. The van der Waals surface area contributed by atoms with E-state index in [4.69, 9.17) is 9.47 Å². The molecule has 0 atom stereocenters. The first-order chi connectivity index (χ1) is 11.6. The van der Waals surface area contributed by atoms with E-state index in [1.807, 2.05) is 29.7 Å². The summed E-state index contributed by atoms with van der Waals surface area (Å²) in [7, 11) is 3.34. The lowest BCUT2D eigenvalue weighted by atomic mass is 10.2. The number of hydrogen-bond acceptors (Lipinski definition) is 5. The largest absolute Gasteiger partial charge is 0.481 e. The molecule has 24 heavy (non-hydrogen) atoms. The van der Waals surface area contributed by atoms with Crippen LogP contribution in [0.15, 0.2) is 18.3 Å². The Labute approximate surface area is 141 Å². The van der Waals surface area contributed by atoms with Crippen LogP contribution in [0.3, 0.4) is 0 Å². The molecule has 0 radical (unpaired) electrons. The van der Waals surface area contributed by atoms with Crippen molar-refractivity contribution in [2.75, 3.05) is 40.5 Å². The van der Waals surface area contributed by atoms with Gasteiger partial charge in [-0.25, -0.2) is 4.98 Å². The molecule has 0 bridgehead atoms. The summed E-state index contributed by atoms with van der Waals surface area (Å²) in [5.41, 5.74) is 3.35. The van der Waals surface area contributed by atoms with E-state index in [1.54, 1.807) is 14.2 Å². The first kappa shape index (κ1) is 18.4. The molecule has 0 saturated carbocycles. The number of aryl methyl sites for hydroxylation is 1. The summed E-state index contributed by atoms with van der Waals surface area (Å²) in [5.74, 6) is -0.877. The fourth-order valence-corrected chi connectivity index (χ4v) is 2.67. The maximum absolute atomic E-state index is 11.2. The molecule has 2 aromatic heterocycles. The van der Waals surface area contributed by atoms with Gasteiger partial charge in [-0.05, 0) is 18.6 Å². The Morgan fingerprint density at radius 2 is 1.96 bits per heavy atom. The number of nitrogens with zero attached hydrogens (tertiary/aromatic N) is 3. The summed E-state index contributed by atoms with van der Waals surface area (Å²) < 4.78 is 12.3. The molecule has 7 nitrogen and oxygen atoms in total. The molecule has 132 valence electrons. The van der Waals surface area contributed by atoms with Gasteiger partial charge < -0.3 is 19.0 Å². The van der Waals surface area contributed by atoms with Crippen LogP contribution in [0.1, 0.15) is 17.0 Å². The van der Waals surface area contributed by atoms with Gasteiger partial charge in [-0.2, -0.15) is 0 Å². The third-order valence-corrected chi connectivity index (χ3v) is 3.94. The Kier molecular flexibility index (Phi) is 6.72. The van der Waals surface area contributed by atoms with Crippen molar-refractivity contribution in [2.45, 2.75) is 19.9 Å². The van der Waals surface area contributed by atoms with Crippen LogP contribution in [0.5, 0.6) is 0 Å². The zero-order chi connectivity index (χ0) is 17.5. The van der Waals surface area contributed by atoms with Gasteiger partial charge in [0.05, 0.1) is 31.0 Å². The molecule has 1 N–H and O–H groups in total. The Morgan fingerprint density at radius 1 is 1.29 bits per heavy atom. The minimum Gasteiger partial charge on any atom is -0.481 e. The van der Waals surface area contributed by atoms with Crippen molar-refractivity contribution >= 4 is 11.6 Å². The van der Waals surface area contributed by atoms with Gasteiger partial charge >= 0.3 is 5.97 Å². The average Bonchev–Trinajstić information content (AvgIpc) is 2.88. The van der Waals surface area contributed by atoms with Crippen molar-refractivity contribution in [3.63, 3.8) is 0 Å². The van der Waals surface area contributed by atoms with E-state index in [1.165, 1.54) is 0 Å². The van der Waals surface area contributed by atoms with Crippen LogP contribution >= 0.6 is 0 Å². The van der Waals surface area contributed by atoms with Crippen LogP contribution < -0.4 is 0 Å². The van der Waals surface area contributed by atoms with Gasteiger partial charge in [0.2, 0.25) is 0 Å². The quantitative estimate of drug-likeness (QED) is 0.707. The van der Waals surface area contributed by atoms with E-state index >= 15 is 0 Å². The van der Waals surface area contributed by atoms with Crippen molar-refractivity contribution in [1.82, 2.24) is 14.3 Å². The van der Waals surface area contributed by atoms with Crippen LogP contribution in [0.25, 0.3) is 5.65 Å². The molecule has 0 spiro atoms. The Hall–Kier alpha value is -1.96. The van der Waals surface area contributed by atoms with E-state index in [-0.39, 0.29) is 6.42 Å². The van der Waals surface area contributed by atoms with Crippen molar-refractivity contribution < 1.29 is 19.4 Å². The smallest absolute Gasteiger partial charge is 0.309 e. The summed E-state index contributed by atoms with van der Waals surface area (Å²) >= 11 is 0. The number of hydrogen-bond donors (Lipinski definition) is 1. The van der Waals surface area contributed by atoms with E-state index in [0.717, 1.165) is 30.0 Å². The highest BCUT2D eigenvalue weighted by Crippen LogP contribution is 2.18. The number of aromatic nitrogens is 2. The molecule has 7 heteroatoms. The number of ether oxygens (including phenoxy) is 2. The summed E-state index contributed by atoms with van der Waals surface area (Å²) in [6.07, 6.45) is 1.85. The van der Waals surface area contributed by atoms with Gasteiger partial charge in [-0.1, -0.05) is 6.07 Å². The third kappa shape index (κ3) is 4.53. The third-order valence-electron chi connectivity index (χ3n) is 3.94.